The van der Waals surface area contributed by atoms with Crippen LogP contribution in [0.5, 0.6) is 0 Å². The average molecular weight is 186 g/mol. The fourth-order valence-electron chi connectivity index (χ4n) is 1.62. The largest absolute Gasteiger partial charge is 0.339 e. The highest BCUT2D eigenvalue weighted by Crippen LogP contribution is 2.16. The maximum absolute atomic E-state index is 11.3. The van der Waals surface area contributed by atoms with E-state index in [2.05, 4.69) is 4.98 Å². The third-order valence-electron chi connectivity index (χ3n) is 2.21. The van der Waals surface area contributed by atoms with Crippen LogP contribution in [0.1, 0.15) is 24.2 Å². The molecule has 1 N–H and O–H groups in total. The first-order valence-electron chi connectivity index (χ1n) is 4.10. The van der Waals surface area contributed by atoms with Gasteiger partial charge in [0.15, 0.2) is 5.15 Å². The van der Waals surface area contributed by atoms with Gasteiger partial charge in [-0.3, -0.25) is 0 Å². The van der Waals surface area contributed by atoms with E-state index in [9.17, 15) is 4.91 Å². The van der Waals surface area contributed by atoms with Gasteiger partial charge in [-0.25, -0.2) is 0 Å². The number of aromatic nitrogens is 2. The first kappa shape index (κ1) is 7.80. The second-order valence-corrected chi connectivity index (χ2v) is 3.47. The number of rotatable bonds is 0. The van der Waals surface area contributed by atoms with Crippen LogP contribution in [0.2, 0.25) is 5.15 Å². The summed E-state index contributed by atoms with van der Waals surface area (Å²) >= 11 is 5.71. The van der Waals surface area contributed by atoms with Gasteiger partial charge in [0.2, 0.25) is 0 Å². The molecule has 4 heteroatoms. The number of aryl methyl sites for hydroxylation is 1. The van der Waals surface area contributed by atoms with Crippen LogP contribution in [-0.4, -0.2) is 4.98 Å². The summed E-state index contributed by atoms with van der Waals surface area (Å²) in [4.78, 5) is 14.3. The van der Waals surface area contributed by atoms with Crippen molar-refractivity contribution in [2.45, 2.75) is 25.7 Å². The Bertz CT molecular complexity index is 359. The first-order chi connectivity index (χ1) is 5.77. The zero-order chi connectivity index (χ0) is 8.55. The third kappa shape index (κ3) is 1.25. The van der Waals surface area contributed by atoms with E-state index < -0.39 is 0 Å². The first-order valence-corrected chi connectivity index (χ1v) is 4.48. The molecule has 1 aliphatic rings. The Morgan fingerprint density at radius 3 is 3.00 bits per heavy atom. The lowest BCUT2D eigenvalue weighted by molar-refractivity contribution is -0.506. The van der Waals surface area contributed by atoms with Gasteiger partial charge in [-0.05, 0) is 19.3 Å². The Kier molecular flexibility index (Phi) is 1.89. The Morgan fingerprint density at radius 1 is 1.42 bits per heavy atom. The van der Waals surface area contributed by atoms with Crippen molar-refractivity contribution in [3.63, 3.8) is 0 Å². The molecule has 2 rings (SSSR count). The Hall–Kier alpha value is -0.830. The van der Waals surface area contributed by atoms with Crippen molar-refractivity contribution in [3.8, 4) is 0 Å². The molecule has 0 spiro atoms. The molecule has 0 saturated heterocycles. The van der Waals surface area contributed by atoms with Gasteiger partial charge in [0, 0.05) is 11.3 Å². The molecule has 0 unspecified atom stereocenters. The van der Waals surface area contributed by atoms with E-state index >= 15 is 0 Å². The molecule has 0 saturated carbocycles. The van der Waals surface area contributed by atoms with Gasteiger partial charge in [0.1, 0.15) is 0 Å². The summed E-state index contributed by atoms with van der Waals surface area (Å²) in [6.07, 6.45) is 5.44. The number of fused-ring (bicyclic) bond motifs is 1. The molecule has 1 aliphatic carbocycles. The van der Waals surface area contributed by atoms with Crippen molar-refractivity contribution >= 4 is 11.6 Å². The normalized spacial score (nSPS) is 15.8. The van der Waals surface area contributed by atoms with E-state index in [1.54, 1.807) is 0 Å². The van der Waals surface area contributed by atoms with E-state index in [0.29, 0.717) is 5.15 Å². The Labute approximate surface area is 75.0 Å². The molecule has 0 radical (unpaired) electrons. The van der Waals surface area contributed by atoms with Crippen LogP contribution in [0.3, 0.4) is 0 Å². The van der Waals surface area contributed by atoms with Gasteiger partial charge in [0.05, 0.1) is 10.1 Å². The van der Waals surface area contributed by atoms with E-state index in [1.807, 2.05) is 0 Å². The molecule has 0 bridgehead atoms. The summed E-state index contributed by atoms with van der Waals surface area (Å²) in [5.41, 5.74) is 1.86. The number of hydrogen-bond donors (Lipinski definition) is 1. The summed E-state index contributed by atoms with van der Waals surface area (Å²) in [7, 11) is 0. The molecule has 0 aliphatic heterocycles. The second kappa shape index (κ2) is 2.90. The summed E-state index contributed by atoms with van der Waals surface area (Å²) in [5, 5.41) is 0.422. The predicted octanol–water partition coefficient (Wildman–Crippen LogP) is 1.46. The highest BCUT2D eigenvalue weighted by molar-refractivity contribution is 6.29. The topological polar surface area (TPSA) is 38.8 Å². The number of aromatic amines is 1. The fourth-order valence-corrected chi connectivity index (χ4v) is 1.83. The molecule has 12 heavy (non-hydrogen) atoms. The Morgan fingerprint density at radius 2 is 2.17 bits per heavy atom. The zero-order valence-electron chi connectivity index (χ0n) is 6.64. The van der Waals surface area contributed by atoms with Gasteiger partial charge in [0.25, 0.3) is 11.9 Å². The molecule has 0 atom stereocenters. The molecule has 1 aromatic rings. The second-order valence-electron chi connectivity index (χ2n) is 3.06. The van der Waals surface area contributed by atoms with E-state index in [0.717, 1.165) is 41.5 Å². The summed E-state index contributed by atoms with van der Waals surface area (Å²) in [5.74, 6) is 0. The molecule has 0 amide bonds. The maximum Gasteiger partial charge on any atom is 0.263 e. The molecule has 0 aromatic carbocycles. The smallest absolute Gasteiger partial charge is 0.263 e. The van der Waals surface area contributed by atoms with Gasteiger partial charge in [-0.1, -0.05) is 11.6 Å². The van der Waals surface area contributed by atoms with Crippen LogP contribution in [0.25, 0.3) is 0 Å². The molecule has 1 heterocycles. The third-order valence-corrected chi connectivity index (χ3v) is 2.40. The highest BCUT2D eigenvalue weighted by atomic mass is 35.5. The summed E-state index contributed by atoms with van der Waals surface area (Å²) in [6, 6.07) is 0. The number of nitrogens with one attached hydrogen (secondary N) is 1. The van der Waals surface area contributed by atoms with Gasteiger partial charge in [-0.2, -0.15) is 0 Å². The summed E-state index contributed by atoms with van der Waals surface area (Å²) in [6.45, 7) is 0. The predicted molar refractivity (Wildman–Crippen MR) is 45.8 cm³/mol. The lowest BCUT2D eigenvalue weighted by atomic mass is 10.0. The average Bonchev–Trinajstić information content (AvgIpc) is 2.04. The minimum atomic E-state index is 0.422. The van der Waals surface area contributed by atoms with Crippen LogP contribution in [0.15, 0.2) is 6.20 Å². The lowest BCUT2D eigenvalue weighted by Crippen LogP contribution is -2.26. The molecule has 3 nitrogen and oxygen atoms in total. The van der Waals surface area contributed by atoms with Crippen LogP contribution in [0, 0.1) is 4.91 Å². The van der Waals surface area contributed by atoms with Gasteiger partial charge in [-0.15, -0.1) is 0 Å². The van der Waals surface area contributed by atoms with E-state index in [4.69, 9.17) is 11.6 Å². The number of nitrogens with zero attached hydrogens (tertiary/aromatic N) is 1. The van der Waals surface area contributed by atoms with Crippen molar-refractivity contribution in [1.29, 1.82) is 0 Å². The maximum atomic E-state index is 11.3. The summed E-state index contributed by atoms with van der Waals surface area (Å²) < 4.78 is 0.882. The molecular formula is C8H10ClN2O+. The molecular weight excluding hydrogens is 176 g/mol. The molecule has 0 fully saturated rings. The van der Waals surface area contributed by atoms with Crippen LogP contribution < -0.4 is 4.43 Å². The SMILES string of the molecule is O=[n+]1cc(Cl)[nH]c2c1CCCC2. The van der Waals surface area contributed by atoms with Gasteiger partial charge >= 0.3 is 0 Å². The van der Waals surface area contributed by atoms with Crippen molar-refractivity contribution in [3.05, 3.63) is 27.6 Å². The fraction of sp³-hybridized carbons (Fsp3) is 0.500. The van der Waals surface area contributed by atoms with E-state index in [1.165, 1.54) is 6.20 Å². The quantitative estimate of drug-likeness (QED) is 0.611. The minimum absolute atomic E-state index is 0.422. The number of hydrogen-bond acceptors (Lipinski definition) is 1. The van der Waals surface area contributed by atoms with Crippen molar-refractivity contribution in [1.82, 2.24) is 4.98 Å². The van der Waals surface area contributed by atoms with Crippen molar-refractivity contribution < 1.29 is 4.43 Å². The lowest BCUT2D eigenvalue weighted by Gasteiger charge is -2.07. The van der Waals surface area contributed by atoms with Crippen molar-refractivity contribution in [2.24, 2.45) is 0 Å². The Balaban J connectivity index is 2.60. The van der Waals surface area contributed by atoms with Crippen molar-refractivity contribution in [2.75, 3.05) is 0 Å². The minimum Gasteiger partial charge on any atom is -0.339 e. The molecule has 1 aromatic heterocycles. The molecule has 64 valence electrons. The standard InChI is InChI=1S/C8H10ClN2O/c9-8-5-11(12)7-4-2-1-3-6(7)10-8/h5H,1-4H2,(H,10,12)/q+1. The van der Waals surface area contributed by atoms with Crippen LogP contribution in [0.4, 0.5) is 0 Å². The highest BCUT2D eigenvalue weighted by Gasteiger charge is 2.20. The van der Waals surface area contributed by atoms with E-state index in [-0.39, 0.29) is 0 Å². The zero-order valence-corrected chi connectivity index (χ0v) is 7.40. The number of halogens is 1. The monoisotopic (exact) mass is 185 g/mol. The van der Waals surface area contributed by atoms with Gasteiger partial charge < -0.3 is 4.98 Å². The number of H-pyrrole nitrogens is 1. The van der Waals surface area contributed by atoms with Crippen LogP contribution >= 0.6 is 11.6 Å². The van der Waals surface area contributed by atoms with Crippen LogP contribution in [-0.2, 0) is 12.8 Å².